The standard InChI is InChI=1S/C13H20N2O3S/c1-10-15-11(8-19-10)7-14-9-13(12(16)17-2)3-5-18-6-4-13/h8,14H,3-7,9H2,1-2H3. The van der Waals surface area contributed by atoms with Crippen molar-refractivity contribution < 1.29 is 14.3 Å². The summed E-state index contributed by atoms with van der Waals surface area (Å²) in [6, 6.07) is 0. The molecule has 1 aromatic heterocycles. The molecule has 1 fully saturated rings. The fraction of sp³-hybridized carbons (Fsp3) is 0.692. The summed E-state index contributed by atoms with van der Waals surface area (Å²) >= 11 is 1.64. The van der Waals surface area contributed by atoms with Gasteiger partial charge in [-0.05, 0) is 19.8 Å². The van der Waals surface area contributed by atoms with Crippen LogP contribution in [0.3, 0.4) is 0 Å². The van der Waals surface area contributed by atoms with Gasteiger partial charge in [-0.3, -0.25) is 4.79 Å². The lowest BCUT2D eigenvalue weighted by Crippen LogP contribution is -2.45. The lowest BCUT2D eigenvalue weighted by Gasteiger charge is -2.34. The second-order valence-electron chi connectivity index (χ2n) is 4.85. The number of nitrogens with zero attached hydrogens (tertiary/aromatic N) is 1. The van der Waals surface area contributed by atoms with E-state index in [2.05, 4.69) is 10.3 Å². The summed E-state index contributed by atoms with van der Waals surface area (Å²) in [6.45, 7) is 4.52. The highest BCUT2D eigenvalue weighted by atomic mass is 32.1. The fourth-order valence-corrected chi connectivity index (χ4v) is 2.96. The van der Waals surface area contributed by atoms with E-state index < -0.39 is 5.41 Å². The molecule has 0 amide bonds. The van der Waals surface area contributed by atoms with E-state index in [1.165, 1.54) is 7.11 Å². The average molecular weight is 284 g/mol. The number of rotatable bonds is 5. The van der Waals surface area contributed by atoms with Crippen LogP contribution in [0, 0.1) is 12.3 Å². The van der Waals surface area contributed by atoms with Crippen LogP contribution in [0.15, 0.2) is 5.38 Å². The minimum absolute atomic E-state index is 0.141. The van der Waals surface area contributed by atoms with E-state index in [0.717, 1.165) is 10.7 Å². The molecular weight excluding hydrogens is 264 g/mol. The van der Waals surface area contributed by atoms with Gasteiger partial charge in [-0.25, -0.2) is 4.98 Å². The van der Waals surface area contributed by atoms with Gasteiger partial charge in [0.25, 0.3) is 0 Å². The molecule has 19 heavy (non-hydrogen) atoms. The van der Waals surface area contributed by atoms with E-state index in [1.807, 2.05) is 12.3 Å². The normalized spacial score (nSPS) is 18.2. The van der Waals surface area contributed by atoms with Gasteiger partial charge in [0.2, 0.25) is 0 Å². The van der Waals surface area contributed by atoms with Gasteiger partial charge in [-0.1, -0.05) is 0 Å². The van der Waals surface area contributed by atoms with Crippen molar-refractivity contribution in [2.75, 3.05) is 26.9 Å². The van der Waals surface area contributed by atoms with E-state index in [1.54, 1.807) is 11.3 Å². The SMILES string of the molecule is COC(=O)C1(CNCc2csc(C)n2)CCOCC1. The molecule has 2 rings (SSSR count). The summed E-state index contributed by atoms with van der Waals surface area (Å²) in [4.78, 5) is 16.4. The number of aromatic nitrogens is 1. The smallest absolute Gasteiger partial charge is 0.313 e. The van der Waals surface area contributed by atoms with Gasteiger partial charge in [-0.15, -0.1) is 11.3 Å². The van der Waals surface area contributed by atoms with Crippen molar-refractivity contribution in [2.45, 2.75) is 26.3 Å². The quantitative estimate of drug-likeness (QED) is 0.831. The highest BCUT2D eigenvalue weighted by Crippen LogP contribution is 2.31. The van der Waals surface area contributed by atoms with Crippen LogP contribution in [0.5, 0.6) is 0 Å². The number of carbonyl (C=O) groups excluding carboxylic acids is 1. The molecular formula is C13H20N2O3S. The highest BCUT2D eigenvalue weighted by molar-refractivity contribution is 7.09. The minimum atomic E-state index is -0.446. The number of esters is 1. The van der Waals surface area contributed by atoms with E-state index in [9.17, 15) is 4.79 Å². The van der Waals surface area contributed by atoms with Crippen molar-refractivity contribution in [1.82, 2.24) is 10.3 Å². The van der Waals surface area contributed by atoms with E-state index >= 15 is 0 Å². The maximum absolute atomic E-state index is 12.0. The van der Waals surface area contributed by atoms with Gasteiger partial charge in [0.15, 0.2) is 0 Å². The zero-order valence-corrected chi connectivity index (χ0v) is 12.2. The molecule has 1 aliphatic rings. The highest BCUT2D eigenvalue weighted by Gasteiger charge is 2.40. The summed E-state index contributed by atoms with van der Waals surface area (Å²) in [6.07, 6.45) is 1.42. The first-order valence-corrected chi connectivity index (χ1v) is 7.32. The first-order valence-electron chi connectivity index (χ1n) is 6.44. The minimum Gasteiger partial charge on any atom is -0.469 e. The second-order valence-corrected chi connectivity index (χ2v) is 5.91. The molecule has 5 nitrogen and oxygen atoms in total. The Hall–Kier alpha value is -0.980. The summed E-state index contributed by atoms with van der Waals surface area (Å²) in [5.41, 5.74) is 0.576. The molecule has 1 saturated heterocycles. The van der Waals surface area contributed by atoms with Crippen molar-refractivity contribution in [3.8, 4) is 0 Å². The molecule has 0 aromatic carbocycles. The zero-order chi connectivity index (χ0) is 13.7. The third-order valence-electron chi connectivity index (χ3n) is 3.50. The van der Waals surface area contributed by atoms with Crippen molar-refractivity contribution in [2.24, 2.45) is 5.41 Å². The van der Waals surface area contributed by atoms with Crippen molar-refractivity contribution in [3.05, 3.63) is 16.1 Å². The average Bonchev–Trinajstić information content (AvgIpc) is 2.84. The molecule has 0 unspecified atom stereocenters. The monoisotopic (exact) mass is 284 g/mol. The number of carbonyl (C=O) groups is 1. The van der Waals surface area contributed by atoms with E-state index in [-0.39, 0.29) is 5.97 Å². The number of nitrogens with one attached hydrogen (secondary N) is 1. The third-order valence-corrected chi connectivity index (χ3v) is 4.33. The maximum atomic E-state index is 12.0. The van der Waals surface area contributed by atoms with Gasteiger partial charge >= 0.3 is 5.97 Å². The Balaban J connectivity index is 1.91. The molecule has 1 aromatic rings. The van der Waals surface area contributed by atoms with E-state index in [4.69, 9.17) is 9.47 Å². The Morgan fingerprint density at radius 3 is 2.89 bits per heavy atom. The van der Waals surface area contributed by atoms with Crippen LogP contribution >= 0.6 is 11.3 Å². The lowest BCUT2D eigenvalue weighted by molar-refractivity contribution is -0.158. The van der Waals surface area contributed by atoms with Gasteiger partial charge in [-0.2, -0.15) is 0 Å². The van der Waals surface area contributed by atoms with Crippen molar-refractivity contribution in [3.63, 3.8) is 0 Å². The number of aryl methyl sites for hydroxylation is 1. The molecule has 0 aliphatic carbocycles. The van der Waals surface area contributed by atoms with E-state index in [0.29, 0.717) is 39.1 Å². The number of hydrogen-bond acceptors (Lipinski definition) is 6. The molecule has 1 N–H and O–H groups in total. The lowest BCUT2D eigenvalue weighted by atomic mass is 9.80. The van der Waals surface area contributed by atoms with Gasteiger partial charge in [0.05, 0.1) is 23.2 Å². The largest absolute Gasteiger partial charge is 0.469 e. The molecule has 0 saturated carbocycles. The Labute approximate surface area is 117 Å². The Morgan fingerprint density at radius 2 is 2.32 bits per heavy atom. The fourth-order valence-electron chi connectivity index (χ4n) is 2.35. The predicted molar refractivity (Wildman–Crippen MR) is 73.1 cm³/mol. The molecule has 0 atom stereocenters. The van der Waals surface area contributed by atoms with Crippen molar-refractivity contribution >= 4 is 17.3 Å². The molecule has 6 heteroatoms. The topological polar surface area (TPSA) is 60.5 Å². The predicted octanol–water partition coefficient (Wildman–Crippen LogP) is 1.51. The van der Waals surface area contributed by atoms with Gasteiger partial charge < -0.3 is 14.8 Å². The number of methoxy groups -OCH3 is 1. The maximum Gasteiger partial charge on any atom is 0.313 e. The van der Waals surface area contributed by atoms with Crippen LogP contribution < -0.4 is 5.32 Å². The van der Waals surface area contributed by atoms with Crippen LogP contribution in [0.25, 0.3) is 0 Å². The number of ether oxygens (including phenoxy) is 2. The Kier molecular flexibility index (Phi) is 4.90. The number of thiazole rings is 1. The molecule has 0 radical (unpaired) electrons. The third kappa shape index (κ3) is 3.52. The molecule has 0 bridgehead atoms. The van der Waals surface area contributed by atoms with Crippen LogP contribution in [0.4, 0.5) is 0 Å². The zero-order valence-electron chi connectivity index (χ0n) is 11.4. The van der Waals surface area contributed by atoms with Gasteiger partial charge in [0, 0.05) is 31.7 Å². The molecule has 106 valence electrons. The van der Waals surface area contributed by atoms with Gasteiger partial charge in [0.1, 0.15) is 0 Å². The molecule has 2 heterocycles. The summed E-state index contributed by atoms with van der Waals surface area (Å²) < 4.78 is 10.3. The second kappa shape index (κ2) is 6.45. The molecule has 0 spiro atoms. The molecule has 1 aliphatic heterocycles. The van der Waals surface area contributed by atoms with Crippen molar-refractivity contribution in [1.29, 1.82) is 0 Å². The first-order chi connectivity index (χ1) is 9.16. The summed E-state index contributed by atoms with van der Waals surface area (Å²) in [5.74, 6) is -0.141. The first kappa shape index (κ1) is 14.4. The Bertz CT molecular complexity index is 427. The summed E-state index contributed by atoms with van der Waals surface area (Å²) in [5, 5.41) is 6.43. The van der Waals surface area contributed by atoms with Crippen LogP contribution in [0.2, 0.25) is 0 Å². The number of hydrogen-bond donors (Lipinski definition) is 1. The van der Waals surface area contributed by atoms with Crippen LogP contribution in [-0.2, 0) is 20.8 Å². The van der Waals surface area contributed by atoms with Crippen LogP contribution in [-0.4, -0.2) is 37.8 Å². The Morgan fingerprint density at radius 1 is 1.58 bits per heavy atom. The van der Waals surface area contributed by atoms with Crippen LogP contribution in [0.1, 0.15) is 23.5 Å². The summed E-state index contributed by atoms with van der Waals surface area (Å²) in [7, 11) is 1.45.